The van der Waals surface area contributed by atoms with Crippen LogP contribution in [0.2, 0.25) is 0 Å². The Morgan fingerprint density at radius 3 is 2.08 bits per heavy atom. The van der Waals surface area contributed by atoms with Crippen molar-refractivity contribution in [3.63, 3.8) is 0 Å². The number of amides is 2. The molecular weight excluding hydrogens is 314 g/mol. The molecule has 132 valence electrons. The van der Waals surface area contributed by atoms with Crippen LogP contribution in [0.25, 0.3) is 0 Å². The van der Waals surface area contributed by atoms with E-state index < -0.39 is 0 Å². The van der Waals surface area contributed by atoms with E-state index in [1.165, 1.54) is 0 Å². The molecule has 0 atom stereocenters. The molecule has 2 amide bonds. The fourth-order valence-corrected chi connectivity index (χ4v) is 2.46. The lowest BCUT2D eigenvalue weighted by Crippen LogP contribution is -2.41. The molecule has 0 aromatic heterocycles. The number of carbonyl (C=O) groups excluding carboxylic acids is 2. The minimum absolute atomic E-state index is 0.0132. The predicted octanol–water partition coefficient (Wildman–Crippen LogP) is 3.40. The van der Waals surface area contributed by atoms with E-state index in [0.717, 1.165) is 41.9 Å². The molecule has 0 aliphatic heterocycles. The topological polar surface area (TPSA) is 85.8 Å². The van der Waals surface area contributed by atoms with E-state index >= 15 is 0 Å². The standard InChI is InChI=1S/C20H25N3O2/c1-15-11-13-16(14-12-15)22-19(24)9-3-2-4-10-20(25)23-18-8-6-5-7-17(18)21/h5-8,11-14H,2-4,9-10,21H2,1H3,(H,22,24)(H,23,25)/p+1. The van der Waals surface area contributed by atoms with Gasteiger partial charge in [-0.25, -0.2) is 0 Å². The van der Waals surface area contributed by atoms with Gasteiger partial charge >= 0.3 is 0 Å². The van der Waals surface area contributed by atoms with Crippen LogP contribution in [-0.4, -0.2) is 11.8 Å². The largest absolute Gasteiger partial charge is 0.326 e. The van der Waals surface area contributed by atoms with Crippen molar-refractivity contribution in [2.45, 2.75) is 39.0 Å². The maximum absolute atomic E-state index is 11.9. The van der Waals surface area contributed by atoms with Gasteiger partial charge in [-0.3, -0.25) is 9.59 Å². The highest BCUT2D eigenvalue weighted by molar-refractivity contribution is 5.93. The number of anilines is 2. The summed E-state index contributed by atoms with van der Waals surface area (Å²) in [6, 6.07) is 15.2. The third-order valence-corrected chi connectivity index (χ3v) is 3.93. The zero-order valence-corrected chi connectivity index (χ0v) is 14.7. The van der Waals surface area contributed by atoms with Gasteiger partial charge in [0.15, 0.2) is 5.69 Å². The Kier molecular flexibility index (Phi) is 7.16. The van der Waals surface area contributed by atoms with Crippen LogP contribution in [0.3, 0.4) is 0 Å². The summed E-state index contributed by atoms with van der Waals surface area (Å²) >= 11 is 0. The molecule has 2 aromatic carbocycles. The molecule has 5 nitrogen and oxygen atoms in total. The summed E-state index contributed by atoms with van der Waals surface area (Å²) in [6.45, 7) is 2.01. The SMILES string of the molecule is Cc1ccc(NC(=O)CCCCCC(=O)Nc2ccccc2[NH3+])cc1. The molecule has 0 unspecified atom stereocenters. The molecule has 0 heterocycles. The third kappa shape index (κ3) is 6.77. The molecule has 0 aliphatic rings. The molecule has 0 fully saturated rings. The van der Waals surface area contributed by atoms with Gasteiger partial charge in [0.2, 0.25) is 11.8 Å². The zero-order chi connectivity index (χ0) is 18.1. The average molecular weight is 340 g/mol. The van der Waals surface area contributed by atoms with Gasteiger partial charge in [0.25, 0.3) is 0 Å². The Bertz CT molecular complexity index is 711. The van der Waals surface area contributed by atoms with E-state index in [4.69, 9.17) is 0 Å². The van der Waals surface area contributed by atoms with E-state index in [1.807, 2.05) is 55.5 Å². The van der Waals surface area contributed by atoms with Crippen LogP contribution in [0.1, 0.15) is 37.7 Å². The molecule has 2 aromatic rings. The number of carbonyl (C=O) groups is 2. The van der Waals surface area contributed by atoms with Crippen molar-refractivity contribution in [2.75, 3.05) is 10.6 Å². The number of aryl methyl sites for hydroxylation is 1. The number of rotatable bonds is 8. The highest BCUT2D eigenvalue weighted by Crippen LogP contribution is 2.16. The van der Waals surface area contributed by atoms with Gasteiger partial charge < -0.3 is 16.4 Å². The minimum Gasteiger partial charge on any atom is -0.326 e. The number of para-hydroxylation sites is 1. The molecule has 0 aliphatic carbocycles. The highest BCUT2D eigenvalue weighted by Gasteiger charge is 2.07. The fraction of sp³-hybridized carbons (Fsp3) is 0.300. The van der Waals surface area contributed by atoms with Crippen LogP contribution in [0.5, 0.6) is 0 Å². The number of benzene rings is 2. The van der Waals surface area contributed by atoms with Gasteiger partial charge in [-0.05, 0) is 38.0 Å². The van der Waals surface area contributed by atoms with Crippen molar-refractivity contribution >= 4 is 28.9 Å². The van der Waals surface area contributed by atoms with Crippen molar-refractivity contribution < 1.29 is 15.3 Å². The Hall–Kier alpha value is -2.66. The van der Waals surface area contributed by atoms with Crippen molar-refractivity contribution in [1.82, 2.24) is 0 Å². The van der Waals surface area contributed by atoms with Crippen molar-refractivity contribution in [2.24, 2.45) is 0 Å². The Labute approximate surface area is 148 Å². The monoisotopic (exact) mass is 340 g/mol. The molecular formula is C20H26N3O2+. The van der Waals surface area contributed by atoms with Crippen LogP contribution >= 0.6 is 0 Å². The Morgan fingerprint density at radius 1 is 0.840 bits per heavy atom. The summed E-state index contributed by atoms with van der Waals surface area (Å²) in [5.74, 6) is -0.000466. The third-order valence-electron chi connectivity index (χ3n) is 3.93. The molecule has 2 rings (SSSR count). The first-order chi connectivity index (χ1) is 12.0. The number of hydrogen-bond donors (Lipinski definition) is 3. The van der Waals surface area contributed by atoms with Crippen molar-refractivity contribution in [3.05, 3.63) is 54.1 Å². The molecule has 0 saturated heterocycles. The van der Waals surface area contributed by atoms with Crippen LogP contribution in [-0.2, 0) is 9.59 Å². The van der Waals surface area contributed by atoms with Gasteiger partial charge in [-0.15, -0.1) is 0 Å². The summed E-state index contributed by atoms with van der Waals surface area (Å²) in [7, 11) is 0. The average Bonchev–Trinajstić information content (AvgIpc) is 2.59. The summed E-state index contributed by atoms with van der Waals surface area (Å²) in [5.41, 5.74) is 7.43. The normalized spacial score (nSPS) is 10.3. The first kappa shape index (κ1) is 18.7. The van der Waals surface area contributed by atoms with Gasteiger partial charge in [-0.2, -0.15) is 0 Å². The quantitative estimate of drug-likeness (QED) is 0.643. The van der Waals surface area contributed by atoms with Gasteiger partial charge in [0.1, 0.15) is 5.69 Å². The summed E-state index contributed by atoms with van der Waals surface area (Å²) in [6.07, 6.45) is 3.31. The van der Waals surface area contributed by atoms with E-state index in [0.29, 0.717) is 12.8 Å². The van der Waals surface area contributed by atoms with Crippen LogP contribution < -0.4 is 16.4 Å². The van der Waals surface area contributed by atoms with Gasteiger partial charge in [0.05, 0.1) is 0 Å². The second-order valence-corrected chi connectivity index (χ2v) is 6.18. The van der Waals surface area contributed by atoms with Crippen LogP contribution in [0, 0.1) is 6.92 Å². The van der Waals surface area contributed by atoms with E-state index in [1.54, 1.807) is 0 Å². The summed E-state index contributed by atoms with van der Waals surface area (Å²) < 4.78 is 0. The maximum Gasteiger partial charge on any atom is 0.224 e. The van der Waals surface area contributed by atoms with Gasteiger partial charge in [-0.1, -0.05) is 36.2 Å². The minimum atomic E-state index is -0.0137. The molecule has 5 heteroatoms. The maximum atomic E-state index is 11.9. The molecule has 25 heavy (non-hydrogen) atoms. The highest BCUT2D eigenvalue weighted by atomic mass is 16.2. The van der Waals surface area contributed by atoms with Crippen LogP contribution in [0.15, 0.2) is 48.5 Å². The number of hydrogen-bond acceptors (Lipinski definition) is 2. The summed E-state index contributed by atoms with van der Waals surface area (Å²) in [5, 5.41) is 5.75. The van der Waals surface area contributed by atoms with Gasteiger partial charge in [0, 0.05) is 24.6 Å². The zero-order valence-electron chi connectivity index (χ0n) is 14.7. The first-order valence-corrected chi connectivity index (χ1v) is 8.62. The fourth-order valence-electron chi connectivity index (χ4n) is 2.46. The lowest BCUT2D eigenvalue weighted by molar-refractivity contribution is -0.253. The summed E-state index contributed by atoms with van der Waals surface area (Å²) in [4.78, 5) is 23.8. The molecule has 0 bridgehead atoms. The lowest BCUT2D eigenvalue weighted by atomic mass is 10.1. The van der Waals surface area contributed by atoms with Crippen molar-refractivity contribution in [3.8, 4) is 0 Å². The second kappa shape index (κ2) is 9.59. The van der Waals surface area contributed by atoms with E-state index in [9.17, 15) is 9.59 Å². The number of unbranched alkanes of at least 4 members (excludes halogenated alkanes) is 2. The van der Waals surface area contributed by atoms with Crippen LogP contribution in [0.4, 0.5) is 17.1 Å². The number of quaternary nitrogens is 1. The molecule has 5 N–H and O–H groups in total. The smallest absolute Gasteiger partial charge is 0.224 e. The second-order valence-electron chi connectivity index (χ2n) is 6.18. The van der Waals surface area contributed by atoms with Crippen molar-refractivity contribution in [1.29, 1.82) is 0 Å². The first-order valence-electron chi connectivity index (χ1n) is 8.62. The molecule has 0 spiro atoms. The molecule has 0 saturated carbocycles. The molecule has 0 radical (unpaired) electrons. The lowest BCUT2D eigenvalue weighted by Gasteiger charge is -2.07. The van der Waals surface area contributed by atoms with E-state index in [-0.39, 0.29) is 11.8 Å². The Balaban J connectivity index is 1.59. The predicted molar refractivity (Wildman–Crippen MR) is 101 cm³/mol. The number of nitrogens with one attached hydrogen (secondary N) is 2. The Morgan fingerprint density at radius 2 is 1.44 bits per heavy atom. The van der Waals surface area contributed by atoms with E-state index in [2.05, 4.69) is 16.4 Å².